The fourth-order valence-electron chi connectivity index (χ4n) is 1.76. The van der Waals surface area contributed by atoms with Crippen LogP contribution in [0.5, 0.6) is 0 Å². The van der Waals surface area contributed by atoms with Crippen LogP contribution >= 0.6 is 11.8 Å². The predicted molar refractivity (Wildman–Crippen MR) is 83.4 cm³/mol. The molecule has 4 nitrogen and oxygen atoms in total. The predicted octanol–water partition coefficient (Wildman–Crippen LogP) is 4.13. The van der Waals surface area contributed by atoms with E-state index in [9.17, 15) is 38.8 Å². The topological polar surface area (TPSA) is 68.3 Å². The molecule has 0 spiro atoms. The van der Waals surface area contributed by atoms with Crippen LogP contribution in [0.2, 0.25) is 0 Å². The summed E-state index contributed by atoms with van der Waals surface area (Å²) in [6, 6.07) is 8.33. The van der Waals surface area contributed by atoms with Crippen molar-refractivity contribution >= 4 is 31.4 Å². The van der Waals surface area contributed by atoms with Crippen LogP contribution in [0, 0.1) is 0 Å². The van der Waals surface area contributed by atoms with E-state index in [1.165, 1.54) is 12.1 Å². The van der Waals surface area contributed by atoms with Gasteiger partial charge in [-0.3, -0.25) is 0 Å². The molecule has 26 heavy (non-hydrogen) atoms. The van der Waals surface area contributed by atoms with Crippen molar-refractivity contribution in [1.82, 2.24) is 0 Å². The fourth-order valence-corrected chi connectivity index (χ4v) is 4.06. The van der Waals surface area contributed by atoms with Gasteiger partial charge in [0.1, 0.15) is 0 Å². The van der Waals surface area contributed by atoms with Gasteiger partial charge in [-0.1, -0.05) is 11.8 Å². The van der Waals surface area contributed by atoms with Crippen LogP contribution in [0.1, 0.15) is 0 Å². The summed E-state index contributed by atoms with van der Waals surface area (Å²) in [6.07, 6.45) is 0. The van der Waals surface area contributed by atoms with Gasteiger partial charge in [-0.25, -0.2) is 16.8 Å². The fraction of sp³-hybridized carbons (Fsp3) is 0.143. The van der Waals surface area contributed by atoms with Crippen molar-refractivity contribution in [3.05, 3.63) is 48.5 Å². The molecule has 12 heteroatoms. The maximum atomic E-state index is 12.5. The summed E-state index contributed by atoms with van der Waals surface area (Å²) >= 11 is 0.984. The monoisotopic (exact) mass is 432 g/mol. The lowest BCUT2D eigenvalue weighted by atomic mass is 10.4. The highest BCUT2D eigenvalue weighted by Crippen LogP contribution is 2.33. The third kappa shape index (κ3) is 4.18. The first-order chi connectivity index (χ1) is 11.9. The normalized spacial score (nSPS) is 13.2. The van der Waals surface area contributed by atoms with Gasteiger partial charge in [0.15, 0.2) is 0 Å². The first kappa shape index (κ1) is 20.6. The van der Waals surface area contributed by atoms with Gasteiger partial charge in [-0.2, -0.15) is 22.0 Å². The van der Waals surface area contributed by atoms with E-state index in [-0.39, 0.29) is 0 Å². The van der Waals surface area contributed by atoms with E-state index in [0.29, 0.717) is 9.79 Å². The molecule has 0 unspecified atom stereocenters. The van der Waals surface area contributed by atoms with Crippen molar-refractivity contribution in [2.24, 2.45) is 0 Å². The van der Waals surface area contributed by atoms with Crippen LogP contribution in [0.15, 0.2) is 68.1 Å². The second kappa shape index (κ2) is 7.16. The van der Waals surface area contributed by atoms with Crippen LogP contribution < -0.4 is 0 Å². The van der Waals surface area contributed by atoms with Gasteiger partial charge in [0.05, 0.1) is 9.79 Å². The van der Waals surface area contributed by atoms with E-state index < -0.39 is 40.7 Å². The van der Waals surface area contributed by atoms with Gasteiger partial charge < -0.3 is 0 Å². The molecule has 0 heterocycles. The number of rotatable bonds is 5. The molecule has 0 aliphatic heterocycles. The summed E-state index contributed by atoms with van der Waals surface area (Å²) in [7, 11) is -10.2. The summed E-state index contributed by atoms with van der Waals surface area (Å²) in [6.45, 7) is 0. The SMILES string of the molecule is O=S(=O)(c1ccc(Sc2ccc(S(=O)(=O)C(F)(F)F)cc2)cc1)C(F)F. The maximum Gasteiger partial charge on any atom is 0.501 e. The molecule has 0 aliphatic rings. The molecule has 2 aromatic carbocycles. The lowest BCUT2D eigenvalue weighted by Gasteiger charge is -2.09. The molecule has 0 radical (unpaired) electrons. The zero-order chi connectivity index (χ0) is 19.8. The Bertz CT molecular complexity index is 980. The number of hydrogen-bond donors (Lipinski definition) is 0. The minimum Gasteiger partial charge on any atom is -0.218 e. The Hall–Kier alpha value is -1.66. The van der Waals surface area contributed by atoms with Crippen LogP contribution in [-0.4, -0.2) is 28.1 Å². The van der Waals surface area contributed by atoms with Crippen LogP contribution in [-0.2, 0) is 19.7 Å². The van der Waals surface area contributed by atoms with Crippen molar-refractivity contribution in [3.63, 3.8) is 0 Å². The van der Waals surface area contributed by atoms with Crippen LogP contribution in [0.3, 0.4) is 0 Å². The summed E-state index contributed by atoms with van der Waals surface area (Å²) < 4.78 is 107. The van der Waals surface area contributed by atoms with Crippen molar-refractivity contribution in [2.75, 3.05) is 0 Å². The summed E-state index contributed by atoms with van der Waals surface area (Å²) in [5.74, 6) is -3.55. The highest BCUT2D eigenvalue weighted by atomic mass is 32.2. The average Bonchev–Trinajstić information content (AvgIpc) is 2.54. The van der Waals surface area contributed by atoms with E-state index in [2.05, 4.69) is 0 Å². The Morgan fingerprint density at radius 3 is 1.46 bits per heavy atom. The number of halogens is 5. The van der Waals surface area contributed by atoms with Gasteiger partial charge in [-0.05, 0) is 48.5 Å². The van der Waals surface area contributed by atoms with Crippen LogP contribution in [0.25, 0.3) is 0 Å². The van der Waals surface area contributed by atoms with Crippen LogP contribution in [0.4, 0.5) is 22.0 Å². The first-order valence-corrected chi connectivity index (χ1v) is 10.4. The number of hydrogen-bond acceptors (Lipinski definition) is 5. The second-order valence-corrected chi connectivity index (χ2v) is 9.81. The quantitative estimate of drug-likeness (QED) is 0.665. The molecule has 0 fully saturated rings. The molecular formula is C14H9F5O4S3. The summed E-state index contributed by atoms with van der Waals surface area (Å²) in [5.41, 5.74) is -5.41. The molecule has 0 saturated carbocycles. The van der Waals surface area contributed by atoms with Gasteiger partial charge in [0.2, 0.25) is 9.84 Å². The van der Waals surface area contributed by atoms with Crippen molar-refractivity contribution in [3.8, 4) is 0 Å². The Balaban J connectivity index is 2.20. The zero-order valence-corrected chi connectivity index (χ0v) is 14.9. The van der Waals surface area contributed by atoms with E-state index >= 15 is 0 Å². The molecule has 0 amide bonds. The first-order valence-electron chi connectivity index (χ1n) is 6.57. The van der Waals surface area contributed by atoms with Crippen molar-refractivity contribution in [2.45, 2.75) is 30.8 Å². The molecule has 142 valence electrons. The number of benzene rings is 2. The van der Waals surface area contributed by atoms with E-state index in [1.54, 1.807) is 0 Å². The largest absolute Gasteiger partial charge is 0.501 e. The number of alkyl halides is 5. The van der Waals surface area contributed by atoms with Crippen molar-refractivity contribution in [1.29, 1.82) is 0 Å². The number of sulfone groups is 2. The van der Waals surface area contributed by atoms with Crippen molar-refractivity contribution < 1.29 is 38.8 Å². The molecule has 0 N–H and O–H groups in total. The Morgan fingerprint density at radius 1 is 0.731 bits per heavy atom. The minimum atomic E-state index is -5.44. The van der Waals surface area contributed by atoms with E-state index in [4.69, 9.17) is 0 Å². The average molecular weight is 432 g/mol. The Kier molecular flexibility index (Phi) is 5.69. The maximum absolute atomic E-state index is 12.5. The lowest BCUT2D eigenvalue weighted by Crippen LogP contribution is -2.23. The molecule has 0 aliphatic carbocycles. The molecule has 2 rings (SSSR count). The highest BCUT2D eigenvalue weighted by molar-refractivity contribution is 7.99. The molecule has 0 saturated heterocycles. The molecule has 2 aromatic rings. The third-order valence-electron chi connectivity index (χ3n) is 3.06. The van der Waals surface area contributed by atoms with E-state index in [0.717, 1.165) is 48.2 Å². The summed E-state index contributed by atoms with van der Waals surface area (Å²) in [4.78, 5) is -0.684. The molecule has 0 bridgehead atoms. The Labute approximate surface area is 149 Å². The second-order valence-electron chi connectivity index (χ2n) is 4.80. The molecule has 0 atom stereocenters. The van der Waals surface area contributed by atoms with Gasteiger partial charge >= 0.3 is 11.3 Å². The smallest absolute Gasteiger partial charge is 0.218 e. The van der Waals surface area contributed by atoms with Gasteiger partial charge in [-0.15, -0.1) is 0 Å². The minimum absolute atomic E-state index is 0.371. The lowest BCUT2D eigenvalue weighted by molar-refractivity contribution is -0.0436. The van der Waals surface area contributed by atoms with Gasteiger partial charge in [0.25, 0.3) is 9.84 Å². The standard InChI is InChI=1S/C14H9F5O4S3/c15-13(16)25(20,21)11-5-1-9(2-6-11)24-10-3-7-12(8-4-10)26(22,23)14(17,18)19/h1-8,13H. The van der Waals surface area contributed by atoms with Gasteiger partial charge in [0, 0.05) is 9.79 Å². The molecule has 0 aromatic heterocycles. The third-order valence-corrected chi connectivity index (χ3v) is 6.98. The molecular weight excluding hydrogens is 423 g/mol. The summed E-state index contributed by atoms with van der Waals surface area (Å²) in [5, 5.41) is 0. The zero-order valence-electron chi connectivity index (χ0n) is 12.4. The van der Waals surface area contributed by atoms with E-state index in [1.807, 2.05) is 0 Å². The highest BCUT2D eigenvalue weighted by Gasteiger charge is 2.46. The Morgan fingerprint density at radius 2 is 1.12 bits per heavy atom.